The smallest absolute Gasteiger partial charge is 0.411 e. The molecule has 3 rings (SSSR count). The molecule has 3 aromatic rings. The van der Waals surface area contributed by atoms with Crippen molar-refractivity contribution in [3.05, 3.63) is 77.7 Å². The first-order valence-electron chi connectivity index (χ1n) is 8.01. The molecule has 0 aliphatic carbocycles. The van der Waals surface area contributed by atoms with Gasteiger partial charge in [0, 0.05) is 18.1 Å². The molecular weight excluding hydrogens is 404 g/mol. The lowest BCUT2D eigenvalue weighted by Crippen LogP contribution is -2.15. The molecule has 0 unspecified atom stereocenters. The highest BCUT2D eigenvalue weighted by Gasteiger charge is 2.17. The van der Waals surface area contributed by atoms with Crippen molar-refractivity contribution in [3.8, 4) is 0 Å². The van der Waals surface area contributed by atoms with Gasteiger partial charge in [0.25, 0.3) is 10.0 Å². The average molecular weight is 419 g/mol. The summed E-state index contributed by atoms with van der Waals surface area (Å²) in [7, 11) is -3.91. The summed E-state index contributed by atoms with van der Waals surface area (Å²) in [5.74, 6) is -0.0733. The summed E-state index contributed by atoms with van der Waals surface area (Å²) in [5.41, 5.74) is 1.24. The molecular formula is C18H15ClN4O4S. The van der Waals surface area contributed by atoms with Gasteiger partial charge in [0.1, 0.15) is 6.61 Å². The Morgan fingerprint density at radius 1 is 1.00 bits per heavy atom. The third kappa shape index (κ3) is 5.18. The van der Waals surface area contributed by atoms with E-state index in [1.807, 2.05) is 30.3 Å². The molecule has 0 saturated heterocycles. The van der Waals surface area contributed by atoms with Crippen LogP contribution in [-0.4, -0.2) is 24.5 Å². The van der Waals surface area contributed by atoms with Crippen LogP contribution in [0.4, 0.5) is 16.3 Å². The van der Waals surface area contributed by atoms with Crippen molar-refractivity contribution in [2.24, 2.45) is 0 Å². The number of amides is 1. The summed E-state index contributed by atoms with van der Waals surface area (Å²) in [4.78, 5) is 19.4. The van der Waals surface area contributed by atoms with E-state index in [1.54, 1.807) is 0 Å². The predicted octanol–water partition coefficient (Wildman–Crippen LogP) is 3.68. The minimum Gasteiger partial charge on any atom is -0.444 e. The number of rotatable bonds is 6. The van der Waals surface area contributed by atoms with Crippen LogP contribution in [0, 0.1) is 0 Å². The molecule has 0 radical (unpaired) electrons. The minimum atomic E-state index is -3.91. The van der Waals surface area contributed by atoms with Crippen LogP contribution in [0.1, 0.15) is 5.56 Å². The first-order valence-corrected chi connectivity index (χ1v) is 9.87. The van der Waals surface area contributed by atoms with E-state index in [0.717, 1.165) is 5.56 Å². The van der Waals surface area contributed by atoms with Crippen molar-refractivity contribution >= 4 is 39.2 Å². The zero-order chi connectivity index (χ0) is 20.0. The van der Waals surface area contributed by atoms with Crippen molar-refractivity contribution in [3.63, 3.8) is 0 Å². The molecule has 0 bridgehead atoms. The maximum absolute atomic E-state index is 12.4. The fraction of sp³-hybridized carbons (Fsp3) is 0.0556. The Balaban J connectivity index is 1.61. The van der Waals surface area contributed by atoms with E-state index in [2.05, 4.69) is 20.0 Å². The number of halogens is 1. The molecule has 1 aromatic heterocycles. The Morgan fingerprint density at radius 2 is 1.68 bits per heavy atom. The molecule has 0 spiro atoms. The Kier molecular flexibility index (Phi) is 6.07. The second-order valence-corrected chi connectivity index (χ2v) is 7.55. The summed E-state index contributed by atoms with van der Waals surface area (Å²) in [6, 6.07) is 14.8. The maximum Gasteiger partial charge on any atom is 0.411 e. The fourth-order valence-electron chi connectivity index (χ4n) is 2.17. The summed E-state index contributed by atoms with van der Waals surface area (Å²) in [6.45, 7) is 0.127. The summed E-state index contributed by atoms with van der Waals surface area (Å²) in [5, 5.41) is 2.47. The standard InChI is InChI=1S/C18H15ClN4O4S/c19-16-17(21-11-10-20-16)23-28(25,26)15-8-6-14(7-9-15)22-18(24)27-12-13-4-2-1-3-5-13/h1-11H,12H2,(H,21,23)(H,22,24). The van der Waals surface area contributed by atoms with E-state index in [9.17, 15) is 13.2 Å². The van der Waals surface area contributed by atoms with Crippen molar-refractivity contribution in [1.29, 1.82) is 0 Å². The van der Waals surface area contributed by atoms with Gasteiger partial charge in [-0.15, -0.1) is 0 Å². The number of sulfonamides is 1. The summed E-state index contributed by atoms with van der Waals surface area (Å²) < 4.78 is 32.2. The van der Waals surface area contributed by atoms with Crippen LogP contribution < -0.4 is 10.0 Å². The van der Waals surface area contributed by atoms with E-state index in [0.29, 0.717) is 5.69 Å². The molecule has 1 heterocycles. The molecule has 0 saturated carbocycles. The van der Waals surface area contributed by atoms with Crippen molar-refractivity contribution in [2.75, 3.05) is 10.0 Å². The van der Waals surface area contributed by atoms with Gasteiger partial charge < -0.3 is 4.74 Å². The maximum atomic E-state index is 12.4. The molecule has 10 heteroatoms. The second-order valence-electron chi connectivity index (χ2n) is 5.51. The van der Waals surface area contributed by atoms with Crippen LogP contribution in [0.3, 0.4) is 0 Å². The molecule has 8 nitrogen and oxygen atoms in total. The number of anilines is 2. The SMILES string of the molecule is O=C(Nc1ccc(S(=O)(=O)Nc2nccnc2Cl)cc1)OCc1ccccc1. The highest BCUT2D eigenvalue weighted by Crippen LogP contribution is 2.21. The average Bonchev–Trinajstić information content (AvgIpc) is 2.69. The van der Waals surface area contributed by atoms with Gasteiger partial charge in [-0.25, -0.2) is 23.2 Å². The Morgan fingerprint density at radius 3 is 2.36 bits per heavy atom. The molecule has 0 aliphatic rings. The molecule has 2 aromatic carbocycles. The van der Waals surface area contributed by atoms with Crippen molar-refractivity contribution < 1.29 is 17.9 Å². The molecule has 0 atom stereocenters. The van der Waals surface area contributed by atoms with E-state index in [-0.39, 0.29) is 22.5 Å². The number of hydrogen-bond donors (Lipinski definition) is 2. The predicted molar refractivity (Wildman–Crippen MR) is 105 cm³/mol. The Bertz CT molecular complexity index is 1060. The number of carbonyl (C=O) groups excluding carboxylic acids is 1. The van der Waals surface area contributed by atoms with Gasteiger partial charge in [-0.3, -0.25) is 10.0 Å². The number of benzene rings is 2. The van der Waals surface area contributed by atoms with Crippen molar-refractivity contribution in [2.45, 2.75) is 11.5 Å². The zero-order valence-corrected chi connectivity index (χ0v) is 15.9. The Hall–Kier alpha value is -3.17. The van der Waals surface area contributed by atoms with Crippen LogP contribution in [0.25, 0.3) is 0 Å². The summed E-state index contributed by atoms with van der Waals surface area (Å²) >= 11 is 5.81. The van der Waals surface area contributed by atoms with Gasteiger partial charge in [-0.2, -0.15) is 0 Å². The first-order chi connectivity index (χ1) is 13.4. The topological polar surface area (TPSA) is 110 Å². The van der Waals surface area contributed by atoms with E-state index >= 15 is 0 Å². The van der Waals surface area contributed by atoms with Gasteiger partial charge in [-0.1, -0.05) is 41.9 Å². The second kappa shape index (κ2) is 8.68. The summed E-state index contributed by atoms with van der Waals surface area (Å²) in [6.07, 6.45) is 2.01. The third-order valence-corrected chi connectivity index (χ3v) is 5.14. The van der Waals surface area contributed by atoms with Gasteiger partial charge >= 0.3 is 6.09 Å². The largest absolute Gasteiger partial charge is 0.444 e. The van der Waals surface area contributed by atoms with E-state index < -0.39 is 16.1 Å². The number of ether oxygens (including phenoxy) is 1. The third-order valence-electron chi connectivity index (χ3n) is 3.51. The van der Waals surface area contributed by atoms with Crippen LogP contribution in [0.2, 0.25) is 5.15 Å². The van der Waals surface area contributed by atoms with Crippen molar-refractivity contribution in [1.82, 2.24) is 9.97 Å². The van der Waals surface area contributed by atoms with Gasteiger partial charge in [-0.05, 0) is 29.8 Å². The minimum absolute atomic E-state index is 0.0302. The molecule has 0 fully saturated rings. The van der Waals surface area contributed by atoms with Gasteiger partial charge in [0.15, 0.2) is 11.0 Å². The number of nitrogens with one attached hydrogen (secondary N) is 2. The highest BCUT2D eigenvalue weighted by molar-refractivity contribution is 7.92. The van der Waals surface area contributed by atoms with E-state index in [1.165, 1.54) is 36.7 Å². The number of nitrogens with zero attached hydrogens (tertiary/aromatic N) is 2. The quantitative estimate of drug-likeness (QED) is 0.631. The number of hydrogen-bond acceptors (Lipinski definition) is 6. The monoisotopic (exact) mass is 418 g/mol. The zero-order valence-electron chi connectivity index (χ0n) is 14.4. The van der Waals surface area contributed by atoms with Gasteiger partial charge in [0.05, 0.1) is 4.90 Å². The molecule has 1 amide bonds. The lowest BCUT2D eigenvalue weighted by molar-refractivity contribution is 0.155. The fourth-order valence-corrected chi connectivity index (χ4v) is 3.39. The molecule has 28 heavy (non-hydrogen) atoms. The number of carbonyl (C=O) groups is 1. The lowest BCUT2D eigenvalue weighted by atomic mass is 10.2. The van der Waals surface area contributed by atoms with Crippen LogP contribution >= 0.6 is 11.6 Å². The first kappa shape index (κ1) is 19.6. The van der Waals surface area contributed by atoms with E-state index in [4.69, 9.17) is 16.3 Å². The van der Waals surface area contributed by atoms with Crippen LogP contribution in [-0.2, 0) is 21.4 Å². The number of aromatic nitrogens is 2. The molecule has 2 N–H and O–H groups in total. The normalized spacial score (nSPS) is 10.9. The lowest BCUT2D eigenvalue weighted by Gasteiger charge is -2.10. The van der Waals surface area contributed by atoms with Crippen LogP contribution in [0.5, 0.6) is 0 Å². The van der Waals surface area contributed by atoms with Crippen LogP contribution in [0.15, 0.2) is 71.9 Å². The molecule has 144 valence electrons. The Labute approximate surface area is 166 Å². The molecule has 0 aliphatic heterocycles. The highest BCUT2D eigenvalue weighted by atomic mass is 35.5. The van der Waals surface area contributed by atoms with Gasteiger partial charge in [0.2, 0.25) is 0 Å².